The molecule has 1 aliphatic rings. The van der Waals surface area contributed by atoms with E-state index in [0.717, 1.165) is 24.5 Å². The van der Waals surface area contributed by atoms with E-state index in [2.05, 4.69) is 45.1 Å². The van der Waals surface area contributed by atoms with E-state index in [0.29, 0.717) is 5.92 Å². The highest BCUT2D eigenvalue weighted by molar-refractivity contribution is 5.55. The number of rotatable bonds is 2. The Hall–Kier alpha value is -1.75. The van der Waals surface area contributed by atoms with Gasteiger partial charge in [-0.3, -0.25) is 0 Å². The number of aryl methyl sites for hydroxylation is 1. The zero-order valence-electron chi connectivity index (χ0n) is 9.80. The highest BCUT2D eigenvalue weighted by atomic mass is 15.5. The number of nitrogens with zero attached hydrogens (tertiary/aromatic N) is 4. The quantitative estimate of drug-likeness (QED) is 0.833. The molecule has 0 bridgehead atoms. The Labute approximate surface area is 99.8 Å². The minimum Gasteiger partial charge on any atom is -0.316 e. The molecule has 1 aromatic carbocycles. The summed E-state index contributed by atoms with van der Waals surface area (Å²) in [6, 6.07) is 8.56. The van der Waals surface area contributed by atoms with Gasteiger partial charge in [-0.15, -0.1) is 5.10 Å². The second kappa shape index (κ2) is 4.25. The van der Waals surface area contributed by atoms with Gasteiger partial charge < -0.3 is 5.32 Å². The molecule has 1 saturated heterocycles. The molecule has 0 radical (unpaired) electrons. The standard InChI is InChI=1S/C12H15N5/c1-17-12(14-15-16-17)10-4-2-9(3-5-10)11-6-7-13-8-11/h2-5,11,13H,6-8H2,1H3. The predicted octanol–water partition coefficient (Wildman–Crippen LogP) is 0.954. The van der Waals surface area contributed by atoms with Crippen LogP contribution in [0.15, 0.2) is 24.3 Å². The number of hydrogen-bond acceptors (Lipinski definition) is 4. The van der Waals surface area contributed by atoms with Crippen LogP contribution >= 0.6 is 0 Å². The van der Waals surface area contributed by atoms with E-state index in [4.69, 9.17) is 0 Å². The Morgan fingerprint density at radius 1 is 1.29 bits per heavy atom. The molecule has 0 spiro atoms. The summed E-state index contributed by atoms with van der Waals surface area (Å²) in [7, 11) is 1.85. The number of tetrazole rings is 1. The van der Waals surface area contributed by atoms with Crippen LogP contribution in [0, 0.1) is 0 Å². The van der Waals surface area contributed by atoms with Crippen molar-refractivity contribution >= 4 is 0 Å². The fraction of sp³-hybridized carbons (Fsp3) is 0.417. The van der Waals surface area contributed by atoms with Crippen LogP contribution in [0.5, 0.6) is 0 Å². The van der Waals surface area contributed by atoms with Crippen molar-refractivity contribution in [2.45, 2.75) is 12.3 Å². The summed E-state index contributed by atoms with van der Waals surface area (Å²) < 4.78 is 1.69. The van der Waals surface area contributed by atoms with Gasteiger partial charge in [0.25, 0.3) is 0 Å². The van der Waals surface area contributed by atoms with E-state index in [1.807, 2.05) is 7.05 Å². The molecule has 0 saturated carbocycles. The van der Waals surface area contributed by atoms with E-state index in [-0.39, 0.29) is 0 Å². The molecule has 1 fully saturated rings. The lowest BCUT2D eigenvalue weighted by Crippen LogP contribution is -2.07. The first-order valence-electron chi connectivity index (χ1n) is 5.88. The van der Waals surface area contributed by atoms with Crippen LogP contribution in [-0.2, 0) is 7.05 Å². The Balaban J connectivity index is 1.87. The number of aromatic nitrogens is 4. The smallest absolute Gasteiger partial charge is 0.181 e. The summed E-state index contributed by atoms with van der Waals surface area (Å²) in [5, 5.41) is 14.9. The largest absolute Gasteiger partial charge is 0.316 e. The lowest BCUT2D eigenvalue weighted by molar-refractivity contribution is 0.714. The molecule has 1 unspecified atom stereocenters. The highest BCUT2D eigenvalue weighted by Gasteiger charge is 2.16. The van der Waals surface area contributed by atoms with Gasteiger partial charge in [0.2, 0.25) is 0 Å². The van der Waals surface area contributed by atoms with Crippen LogP contribution in [0.3, 0.4) is 0 Å². The Bertz CT molecular complexity index is 496. The highest BCUT2D eigenvalue weighted by Crippen LogP contribution is 2.24. The molecule has 1 atom stereocenters. The van der Waals surface area contributed by atoms with E-state index >= 15 is 0 Å². The molecule has 1 aromatic heterocycles. The first kappa shape index (κ1) is 10.4. The van der Waals surface area contributed by atoms with E-state index in [1.165, 1.54) is 12.0 Å². The second-order valence-corrected chi connectivity index (χ2v) is 4.44. The van der Waals surface area contributed by atoms with Gasteiger partial charge in [-0.05, 0) is 34.9 Å². The van der Waals surface area contributed by atoms with Gasteiger partial charge in [0.15, 0.2) is 5.82 Å². The summed E-state index contributed by atoms with van der Waals surface area (Å²) in [5.41, 5.74) is 2.46. The van der Waals surface area contributed by atoms with Gasteiger partial charge in [-0.25, -0.2) is 4.68 Å². The summed E-state index contributed by atoms with van der Waals surface area (Å²) in [6.45, 7) is 2.21. The van der Waals surface area contributed by atoms with Crippen LogP contribution in [0.1, 0.15) is 17.9 Å². The molecule has 5 nitrogen and oxygen atoms in total. The normalized spacial score (nSPS) is 19.7. The van der Waals surface area contributed by atoms with Crippen molar-refractivity contribution in [3.8, 4) is 11.4 Å². The van der Waals surface area contributed by atoms with Gasteiger partial charge >= 0.3 is 0 Å². The fourth-order valence-electron chi connectivity index (χ4n) is 2.32. The topological polar surface area (TPSA) is 55.6 Å². The molecular weight excluding hydrogens is 214 g/mol. The summed E-state index contributed by atoms with van der Waals surface area (Å²) in [4.78, 5) is 0. The van der Waals surface area contributed by atoms with Gasteiger partial charge in [0.05, 0.1) is 0 Å². The lowest BCUT2D eigenvalue weighted by Gasteiger charge is -2.09. The molecule has 17 heavy (non-hydrogen) atoms. The maximum Gasteiger partial charge on any atom is 0.181 e. The summed E-state index contributed by atoms with van der Waals surface area (Å²) >= 11 is 0. The zero-order valence-corrected chi connectivity index (χ0v) is 9.80. The predicted molar refractivity (Wildman–Crippen MR) is 64.5 cm³/mol. The minimum atomic E-state index is 0.654. The molecular formula is C12H15N5. The summed E-state index contributed by atoms with van der Waals surface area (Å²) in [5.74, 6) is 1.46. The molecule has 0 amide bonds. The maximum absolute atomic E-state index is 4.00. The van der Waals surface area contributed by atoms with Crippen molar-refractivity contribution in [2.75, 3.05) is 13.1 Å². The second-order valence-electron chi connectivity index (χ2n) is 4.44. The lowest BCUT2D eigenvalue weighted by atomic mass is 9.97. The van der Waals surface area contributed by atoms with Crippen molar-refractivity contribution in [3.63, 3.8) is 0 Å². The van der Waals surface area contributed by atoms with E-state index < -0.39 is 0 Å². The van der Waals surface area contributed by atoms with Crippen molar-refractivity contribution in [2.24, 2.45) is 7.05 Å². The van der Waals surface area contributed by atoms with Gasteiger partial charge in [-0.2, -0.15) is 0 Å². The van der Waals surface area contributed by atoms with Crippen LogP contribution in [0.25, 0.3) is 11.4 Å². The fourth-order valence-corrected chi connectivity index (χ4v) is 2.32. The molecule has 2 aromatic rings. The SMILES string of the molecule is Cn1nnnc1-c1ccc(C2CCNC2)cc1. The maximum atomic E-state index is 4.00. The van der Waals surface area contributed by atoms with Crippen LogP contribution < -0.4 is 5.32 Å². The Morgan fingerprint density at radius 3 is 2.71 bits per heavy atom. The number of benzene rings is 1. The van der Waals surface area contributed by atoms with E-state index in [1.54, 1.807) is 4.68 Å². The third-order valence-electron chi connectivity index (χ3n) is 3.32. The van der Waals surface area contributed by atoms with Crippen LogP contribution in [-0.4, -0.2) is 33.3 Å². The molecule has 5 heteroatoms. The van der Waals surface area contributed by atoms with Gasteiger partial charge in [-0.1, -0.05) is 24.3 Å². The average molecular weight is 229 g/mol. The third kappa shape index (κ3) is 1.93. The van der Waals surface area contributed by atoms with Gasteiger partial charge in [0.1, 0.15) is 0 Å². The van der Waals surface area contributed by atoms with Crippen LogP contribution in [0.2, 0.25) is 0 Å². The summed E-state index contributed by atoms with van der Waals surface area (Å²) in [6.07, 6.45) is 1.23. The zero-order chi connectivity index (χ0) is 11.7. The van der Waals surface area contributed by atoms with Crippen molar-refractivity contribution < 1.29 is 0 Å². The Morgan fingerprint density at radius 2 is 2.12 bits per heavy atom. The van der Waals surface area contributed by atoms with Crippen molar-refractivity contribution in [3.05, 3.63) is 29.8 Å². The molecule has 3 rings (SSSR count). The first-order chi connectivity index (χ1) is 8.34. The third-order valence-corrected chi connectivity index (χ3v) is 3.32. The first-order valence-corrected chi connectivity index (χ1v) is 5.88. The monoisotopic (exact) mass is 229 g/mol. The molecule has 88 valence electrons. The van der Waals surface area contributed by atoms with Crippen molar-refractivity contribution in [1.82, 2.24) is 25.5 Å². The average Bonchev–Trinajstić information content (AvgIpc) is 3.00. The molecule has 1 aliphatic heterocycles. The van der Waals surface area contributed by atoms with Crippen molar-refractivity contribution in [1.29, 1.82) is 0 Å². The van der Waals surface area contributed by atoms with Gasteiger partial charge in [0, 0.05) is 19.2 Å². The van der Waals surface area contributed by atoms with Crippen LogP contribution in [0.4, 0.5) is 0 Å². The number of nitrogens with one attached hydrogen (secondary N) is 1. The van der Waals surface area contributed by atoms with E-state index in [9.17, 15) is 0 Å². The number of hydrogen-bond donors (Lipinski definition) is 1. The molecule has 2 heterocycles. The molecule has 0 aliphatic carbocycles. The molecule has 1 N–H and O–H groups in total. The minimum absolute atomic E-state index is 0.654. The Kier molecular flexibility index (Phi) is 2.60.